The standard InChI is InChI=1S/C23H42S/c1-9-15-17-23(8,14-6)21-19(12-4)18(11-3)20(24-21)22(7,13-5)16-10-2/h9-17H2,1-8H3. The zero-order valence-corrected chi connectivity index (χ0v) is 18.6. The Labute approximate surface area is 156 Å². The van der Waals surface area contributed by atoms with Gasteiger partial charge in [-0.15, -0.1) is 11.3 Å². The lowest BCUT2D eigenvalue weighted by atomic mass is 9.76. The highest BCUT2D eigenvalue weighted by Gasteiger charge is 2.35. The minimum absolute atomic E-state index is 0.367. The molecule has 2 unspecified atom stereocenters. The third-order valence-corrected chi connectivity index (χ3v) is 8.25. The molecule has 0 N–H and O–H groups in total. The van der Waals surface area contributed by atoms with Crippen LogP contribution in [-0.2, 0) is 23.7 Å². The highest BCUT2D eigenvalue weighted by atomic mass is 32.1. The summed E-state index contributed by atoms with van der Waals surface area (Å²) in [6, 6.07) is 0. The Bertz CT molecular complexity index is 498. The maximum Gasteiger partial charge on any atom is 0.0142 e. The van der Waals surface area contributed by atoms with Crippen LogP contribution in [0.5, 0.6) is 0 Å². The van der Waals surface area contributed by atoms with Gasteiger partial charge in [-0.05, 0) is 49.7 Å². The van der Waals surface area contributed by atoms with Crippen LogP contribution in [0.15, 0.2) is 0 Å². The third kappa shape index (κ3) is 4.26. The van der Waals surface area contributed by atoms with E-state index < -0.39 is 0 Å². The van der Waals surface area contributed by atoms with Gasteiger partial charge in [0.25, 0.3) is 0 Å². The van der Waals surface area contributed by atoms with Gasteiger partial charge in [0.1, 0.15) is 0 Å². The number of rotatable bonds is 11. The molecular formula is C23H42S. The van der Waals surface area contributed by atoms with E-state index in [9.17, 15) is 0 Å². The first-order valence-corrected chi connectivity index (χ1v) is 11.3. The molecule has 2 atom stereocenters. The van der Waals surface area contributed by atoms with Crippen molar-refractivity contribution in [2.75, 3.05) is 0 Å². The molecule has 0 aromatic carbocycles. The van der Waals surface area contributed by atoms with Gasteiger partial charge in [-0.25, -0.2) is 0 Å². The second-order valence-electron chi connectivity index (χ2n) is 8.11. The Morgan fingerprint density at radius 2 is 1.12 bits per heavy atom. The van der Waals surface area contributed by atoms with Crippen molar-refractivity contribution < 1.29 is 0 Å². The minimum atomic E-state index is 0.367. The largest absolute Gasteiger partial charge is 0.144 e. The summed E-state index contributed by atoms with van der Waals surface area (Å²) in [5.41, 5.74) is 4.14. The smallest absolute Gasteiger partial charge is 0.0142 e. The van der Waals surface area contributed by atoms with Crippen LogP contribution < -0.4 is 0 Å². The summed E-state index contributed by atoms with van der Waals surface area (Å²) in [7, 11) is 0. The summed E-state index contributed by atoms with van der Waals surface area (Å²) >= 11 is 2.19. The predicted octanol–water partition coefficient (Wildman–Crippen LogP) is 8.20. The SMILES string of the molecule is CCCCC(C)(CC)c1sc(C(C)(CC)CCC)c(CC)c1CC. The lowest BCUT2D eigenvalue weighted by Gasteiger charge is -2.29. The van der Waals surface area contributed by atoms with Crippen molar-refractivity contribution in [3.8, 4) is 0 Å². The van der Waals surface area contributed by atoms with Crippen LogP contribution in [-0.4, -0.2) is 0 Å². The summed E-state index contributed by atoms with van der Waals surface area (Å²) in [6.45, 7) is 19.2. The Kier molecular flexibility index (Phi) is 8.53. The van der Waals surface area contributed by atoms with Crippen LogP contribution in [0, 0.1) is 0 Å². The highest BCUT2D eigenvalue weighted by molar-refractivity contribution is 7.12. The van der Waals surface area contributed by atoms with Crippen LogP contribution in [0.1, 0.15) is 121 Å². The molecule has 140 valence electrons. The summed E-state index contributed by atoms with van der Waals surface area (Å²) in [6.07, 6.45) is 11.5. The zero-order valence-electron chi connectivity index (χ0n) is 17.8. The molecular weight excluding hydrogens is 308 g/mol. The van der Waals surface area contributed by atoms with E-state index in [1.165, 1.54) is 57.8 Å². The van der Waals surface area contributed by atoms with Crippen LogP contribution in [0.25, 0.3) is 0 Å². The van der Waals surface area contributed by atoms with Gasteiger partial charge in [-0.2, -0.15) is 0 Å². The minimum Gasteiger partial charge on any atom is -0.144 e. The van der Waals surface area contributed by atoms with E-state index in [2.05, 4.69) is 66.7 Å². The molecule has 0 bridgehead atoms. The highest BCUT2D eigenvalue weighted by Crippen LogP contribution is 2.48. The lowest BCUT2D eigenvalue weighted by Crippen LogP contribution is -2.21. The molecule has 1 aromatic rings. The van der Waals surface area contributed by atoms with Gasteiger partial charge in [0.05, 0.1) is 0 Å². The monoisotopic (exact) mass is 350 g/mol. The van der Waals surface area contributed by atoms with Crippen molar-refractivity contribution >= 4 is 11.3 Å². The van der Waals surface area contributed by atoms with E-state index in [1.54, 1.807) is 20.9 Å². The molecule has 1 rings (SSSR count). The second kappa shape index (κ2) is 9.41. The third-order valence-electron chi connectivity index (χ3n) is 6.36. The van der Waals surface area contributed by atoms with Crippen LogP contribution in [0.3, 0.4) is 0 Å². The first kappa shape index (κ1) is 21.7. The molecule has 0 spiro atoms. The molecule has 0 nitrogen and oxygen atoms in total. The van der Waals surface area contributed by atoms with Crippen molar-refractivity contribution in [3.05, 3.63) is 20.9 Å². The molecule has 0 saturated heterocycles. The van der Waals surface area contributed by atoms with Crippen LogP contribution in [0.4, 0.5) is 0 Å². The number of unbranched alkanes of at least 4 members (excludes halogenated alkanes) is 1. The van der Waals surface area contributed by atoms with E-state index in [0.29, 0.717) is 10.8 Å². The molecule has 0 saturated carbocycles. The molecule has 0 fully saturated rings. The molecule has 24 heavy (non-hydrogen) atoms. The Morgan fingerprint density at radius 3 is 1.46 bits per heavy atom. The molecule has 0 amide bonds. The van der Waals surface area contributed by atoms with E-state index in [1.807, 2.05) is 0 Å². The Morgan fingerprint density at radius 1 is 0.667 bits per heavy atom. The van der Waals surface area contributed by atoms with Gasteiger partial charge in [0.15, 0.2) is 0 Å². The summed E-state index contributed by atoms with van der Waals surface area (Å²) in [4.78, 5) is 3.45. The quantitative estimate of drug-likeness (QED) is 0.377. The van der Waals surface area contributed by atoms with Crippen molar-refractivity contribution in [2.24, 2.45) is 0 Å². The van der Waals surface area contributed by atoms with Crippen LogP contribution in [0.2, 0.25) is 0 Å². The number of hydrogen-bond donors (Lipinski definition) is 0. The number of hydrogen-bond acceptors (Lipinski definition) is 1. The normalized spacial score (nSPS) is 16.8. The fourth-order valence-corrected chi connectivity index (χ4v) is 6.21. The summed E-state index contributed by atoms with van der Waals surface area (Å²) in [5.74, 6) is 0. The van der Waals surface area contributed by atoms with E-state index in [4.69, 9.17) is 0 Å². The first-order chi connectivity index (χ1) is 11.4. The van der Waals surface area contributed by atoms with E-state index >= 15 is 0 Å². The molecule has 0 aliphatic carbocycles. The average Bonchev–Trinajstić information content (AvgIpc) is 2.99. The fourth-order valence-electron chi connectivity index (χ4n) is 4.24. The lowest BCUT2D eigenvalue weighted by molar-refractivity contribution is 0.408. The van der Waals surface area contributed by atoms with Gasteiger partial charge in [-0.3, -0.25) is 0 Å². The maximum absolute atomic E-state index is 2.53. The van der Waals surface area contributed by atoms with E-state index in [-0.39, 0.29) is 0 Å². The summed E-state index contributed by atoms with van der Waals surface area (Å²) < 4.78 is 0. The summed E-state index contributed by atoms with van der Waals surface area (Å²) in [5, 5.41) is 0. The Hall–Kier alpha value is -0.300. The molecule has 0 aliphatic rings. The maximum atomic E-state index is 2.53. The Balaban J connectivity index is 3.52. The van der Waals surface area contributed by atoms with Gasteiger partial charge in [0, 0.05) is 20.6 Å². The second-order valence-corrected chi connectivity index (χ2v) is 9.13. The van der Waals surface area contributed by atoms with Crippen molar-refractivity contribution in [3.63, 3.8) is 0 Å². The predicted molar refractivity (Wildman–Crippen MR) is 113 cm³/mol. The van der Waals surface area contributed by atoms with Crippen molar-refractivity contribution in [1.29, 1.82) is 0 Å². The van der Waals surface area contributed by atoms with Crippen molar-refractivity contribution in [1.82, 2.24) is 0 Å². The van der Waals surface area contributed by atoms with Gasteiger partial charge in [-0.1, -0.05) is 74.7 Å². The molecule has 1 aromatic heterocycles. The van der Waals surface area contributed by atoms with Gasteiger partial charge in [0.2, 0.25) is 0 Å². The van der Waals surface area contributed by atoms with Crippen LogP contribution >= 0.6 is 11.3 Å². The molecule has 1 heteroatoms. The molecule has 0 radical (unpaired) electrons. The average molecular weight is 351 g/mol. The molecule has 1 heterocycles. The van der Waals surface area contributed by atoms with Gasteiger partial charge >= 0.3 is 0 Å². The topological polar surface area (TPSA) is 0 Å². The fraction of sp³-hybridized carbons (Fsp3) is 0.826. The van der Waals surface area contributed by atoms with Gasteiger partial charge < -0.3 is 0 Å². The first-order valence-electron chi connectivity index (χ1n) is 10.5. The number of thiophene rings is 1. The molecule has 0 aliphatic heterocycles. The van der Waals surface area contributed by atoms with E-state index in [0.717, 1.165) is 0 Å². The van der Waals surface area contributed by atoms with Crippen molar-refractivity contribution in [2.45, 2.75) is 124 Å². The zero-order chi connectivity index (χ0) is 18.4.